The molecule has 0 unspecified atom stereocenters. The average molecular weight is 228 g/mol. The largest absolute Gasteiger partial charge is 0.399 e. The number of anilines is 3. The van der Waals surface area contributed by atoms with E-state index >= 15 is 0 Å². The smallest absolute Gasteiger partial charge is 0.0472 e. The lowest BCUT2D eigenvalue weighted by Crippen LogP contribution is -1.98. The molecule has 17 heavy (non-hydrogen) atoms. The lowest BCUT2D eigenvalue weighted by atomic mass is 10.1. The Hall–Kier alpha value is -2.00. The Balaban J connectivity index is 2.20. The van der Waals surface area contributed by atoms with Crippen LogP contribution in [0.5, 0.6) is 0 Å². The van der Waals surface area contributed by atoms with Gasteiger partial charge in [0.2, 0.25) is 0 Å². The molecule has 0 aliphatic rings. The number of rotatable bonds is 4. The second kappa shape index (κ2) is 5.37. The SMILES string of the molecule is Nc1ccc(Nc2ccccc2CCO)cc1. The molecule has 0 aliphatic heterocycles. The number of aliphatic hydroxyl groups is 1. The Labute approximate surface area is 101 Å². The number of benzene rings is 2. The van der Waals surface area contributed by atoms with Crippen molar-refractivity contribution >= 4 is 17.1 Å². The molecule has 88 valence electrons. The Kier molecular flexibility index (Phi) is 3.62. The van der Waals surface area contributed by atoms with E-state index in [0.29, 0.717) is 6.42 Å². The molecule has 0 radical (unpaired) electrons. The predicted octanol–water partition coefficient (Wildman–Crippen LogP) is 2.55. The molecule has 0 saturated carbocycles. The van der Waals surface area contributed by atoms with Crippen LogP contribution in [0.1, 0.15) is 5.56 Å². The van der Waals surface area contributed by atoms with Crippen LogP contribution >= 0.6 is 0 Å². The van der Waals surface area contributed by atoms with Gasteiger partial charge in [0.1, 0.15) is 0 Å². The van der Waals surface area contributed by atoms with Crippen molar-refractivity contribution in [2.45, 2.75) is 6.42 Å². The van der Waals surface area contributed by atoms with Crippen LogP contribution in [-0.2, 0) is 6.42 Å². The highest BCUT2D eigenvalue weighted by Gasteiger charge is 2.01. The van der Waals surface area contributed by atoms with E-state index in [1.807, 2.05) is 48.5 Å². The van der Waals surface area contributed by atoms with Gasteiger partial charge < -0.3 is 16.2 Å². The second-order valence-electron chi connectivity index (χ2n) is 3.88. The van der Waals surface area contributed by atoms with Gasteiger partial charge in [-0.2, -0.15) is 0 Å². The lowest BCUT2D eigenvalue weighted by molar-refractivity contribution is 0.300. The fraction of sp³-hybridized carbons (Fsp3) is 0.143. The van der Waals surface area contributed by atoms with Crippen LogP contribution in [0.2, 0.25) is 0 Å². The normalized spacial score (nSPS) is 10.2. The quantitative estimate of drug-likeness (QED) is 0.705. The maximum atomic E-state index is 9.00. The number of para-hydroxylation sites is 1. The van der Waals surface area contributed by atoms with E-state index in [4.69, 9.17) is 10.8 Å². The zero-order valence-corrected chi connectivity index (χ0v) is 9.56. The molecular formula is C14H16N2O. The topological polar surface area (TPSA) is 58.3 Å². The summed E-state index contributed by atoms with van der Waals surface area (Å²) in [5.74, 6) is 0. The third-order valence-corrected chi connectivity index (χ3v) is 2.59. The van der Waals surface area contributed by atoms with Crippen LogP contribution in [0.3, 0.4) is 0 Å². The van der Waals surface area contributed by atoms with Gasteiger partial charge in [-0.05, 0) is 42.3 Å². The molecule has 0 spiro atoms. The van der Waals surface area contributed by atoms with E-state index in [-0.39, 0.29) is 6.61 Å². The van der Waals surface area contributed by atoms with E-state index in [9.17, 15) is 0 Å². The number of hydrogen-bond acceptors (Lipinski definition) is 3. The van der Waals surface area contributed by atoms with Gasteiger partial charge in [0.05, 0.1) is 0 Å². The van der Waals surface area contributed by atoms with Crippen molar-refractivity contribution in [2.75, 3.05) is 17.7 Å². The summed E-state index contributed by atoms with van der Waals surface area (Å²) in [6.45, 7) is 0.153. The first-order chi connectivity index (χ1) is 8.29. The summed E-state index contributed by atoms with van der Waals surface area (Å²) in [6.07, 6.45) is 0.651. The van der Waals surface area contributed by atoms with Crippen molar-refractivity contribution in [3.05, 3.63) is 54.1 Å². The standard InChI is InChI=1S/C14H16N2O/c15-12-5-7-13(8-6-12)16-14-4-2-1-3-11(14)9-10-17/h1-8,16-17H,9-10,15H2. The van der Waals surface area contributed by atoms with Gasteiger partial charge in [-0.15, -0.1) is 0 Å². The third kappa shape index (κ3) is 2.98. The zero-order valence-electron chi connectivity index (χ0n) is 9.56. The Morgan fingerprint density at radius 3 is 2.41 bits per heavy atom. The monoisotopic (exact) mass is 228 g/mol. The third-order valence-electron chi connectivity index (χ3n) is 2.59. The molecule has 3 nitrogen and oxygen atoms in total. The summed E-state index contributed by atoms with van der Waals surface area (Å²) in [7, 11) is 0. The molecule has 2 aromatic carbocycles. The van der Waals surface area contributed by atoms with Crippen molar-refractivity contribution in [1.82, 2.24) is 0 Å². The predicted molar refractivity (Wildman–Crippen MR) is 71.4 cm³/mol. The zero-order chi connectivity index (χ0) is 12.1. The summed E-state index contributed by atoms with van der Waals surface area (Å²) >= 11 is 0. The van der Waals surface area contributed by atoms with Gasteiger partial charge in [-0.25, -0.2) is 0 Å². The maximum Gasteiger partial charge on any atom is 0.0472 e. The van der Waals surface area contributed by atoms with Crippen molar-refractivity contribution in [1.29, 1.82) is 0 Å². The molecular weight excluding hydrogens is 212 g/mol. The molecule has 0 saturated heterocycles. The summed E-state index contributed by atoms with van der Waals surface area (Å²) < 4.78 is 0. The molecule has 0 heterocycles. The fourth-order valence-corrected chi connectivity index (χ4v) is 1.70. The maximum absolute atomic E-state index is 9.00. The van der Waals surface area contributed by atoms with E-state index in [2.05, 4.69) is 5.32 Å². The summed E-state index contributed by atoms with van der Waals surface area (Å²) in [5.41, 5.74) is 9.50. The van der Waals surface area contributed by atoms with E-state index in [0.717, 1.165) is 22.6 Å². The summed E-state index contributed by atoms with van der Waals surface area (Å²) in [6, 6.07) is 15.5. The second-order valence-corrected chi connectivity index (χ2v) is 3.88. The van der Waals surface area contributed by atoms with Crippen molar-refractivity contribution in [2.24, 2.45) is 0 Å². The van der Waals surface area contributed by atoms with Crippen molar-refractivity contribution < 1.29 is 5.11 Å². The minimum atomic E-state index is 0.153. The highest BCUT2D eigenvalue weighted by molar-refractivity contribution is 5.64. The van der Waals surface area contributed by atoms with Gasteiger partial charge in [0.25, 0.3) is 0 Å². The average Bonchev–Trinajstić information content (AvgIpc) is 2.35. The molecule has 0 bridgehead atoms. The molecule has 0 aromatic heterocycles. The summed E-state index contributed by atoms with van der Waals surface area (Å²) in [4.78, 5) is 0. The molecule has 0 amide bonds. The first-order valence-corrected chi connectivity index (χ1v) is 5.61. The lowest BCUT2D eigenvalue weighted by Gasteiger charge is -2.11. The minimum Gasteiger partial charge on any atom is -0.399 e. The first-order valence-electron chi connectivity index (χ1n) is 5.61. The van der Waals surface area contributed by atoms with Gasteiger partial charge in [0, 0.05) is 23.7 Å². The van der Waals surface area contributed by atoms with E-state index in [1.165, 1.54) is 0 Å². The molecule has 4 N–H and O–H groups in total. The van der Waals surface area contributed by atoms with Crippen LogP contribution < -0.4 is 11.1 Å². The Bertz CT molecular complexity index is 480. The number of nitrogens with one attached hydrogen (secondary N) is 1. The Morgan fingerprint density at radius 1 is 1.00 bits per heavy atom. The van der Waals surface area contributed by atoms with Gasteiger partial charge in [-0.3, -0.25) is 0 Å². The van der Waals surface area contributed by atoms with Gasteiger partial charge in [0.15, 0.2) is 0 Å². The Morgan fingerprint density at radius 2 is 1.71 bits per heavy atom. The summed E-state index contributed by atoms with van der Waals surface area (Å²) in [5, 5.41) is 12.3. The number of nitrogen functional groups attached to an aromatic ring is 1. The van der Waals surface area contributed by atoms with Gasteiger partial charge >= 0.3 is 0 Å². The van der Waals surface area contributed by atoms with Crippen molar-refractivity contribution in [3.8, 4) is 0 Å². The van der Waals surface area contributed by atoms with Crippen LogP contribution in [0.25, 0.3) is 0 Å². The van der Waals surface area contributed by atoms with Crippen LogP contribution in [0.15, 0.2) is 48.5 Å². The minimum absolute atomic E-state index is 0.153. The van der Waals surface area contributed by atoms with Crippen LogP contribution in [0, 0.1) is 0 Å². The highest BCUT2D eigenvalue weighted by atomic mass is 16.2. The molecule has 0 aliphatic carbocycles. The number of hydrogen-bond donors (Lipinski definition) is 3. The van der Waals surface area contributed by atoms with Gasteiger partial charge in [-0.1, -0.05) is 18.2 Å². The first kappa shape index (κ1) is 11.5. The number of aliphatic hydroxyl groups excluding tert-OH is 1. The molecule has 2 aromatic rings. The molecule has 2 rings (SSSR count). The highest BCUT2D eigenvalue weighted by Crippen LogP contribution is 2.21. The number of nitrogens with two attached hydrogens (primary N) is 1. The fourth-order valence-electron chi connectivity index (χ4n) is 1.70. The molecule has 0 fully saturated rings. The van der Waals surface area contributed by atoms with E-state index < -0.39 is 0 Å². The van der Waals surface area contributed by atoms with Crippen LogP contribution in [0.4, 0.5) is 17.1 Å². The van der Waals surface area contributed by atoms with Crippen molar-refractivity contribution in [3.63, 3.8) is 0 Å². The molecule has 0 atom stereocenters. The van der Waals surface area contributed by atoms with E-state index in [1.54, 1.807) is 0 Å². The van der Waals surface area contributed by atoms with Crippen LogP contribution in [-0.4, -0.2) is 11.7 Å². The molecule has 3 heteroatoms.